The molecule has 126 valence electrons. The van der Waals surface area contributed by atoms with E-state index in [2.05, 4.69) is 15.3 Å². The molecule has 0 atom stereocenters. The highest BCUT2D eigenvalue weighted by Gasteiger charge is 2.43. The van der Waals surface area contributed by atoms with Crippen LogP contribution in [-0.2, 0) is 0 Å². The number of nitrogens with one attached hydrogen (secondary N) is 1. The first kappa shape index (κ1) is 16.4. The molecule has 0 saturated carbocycles. The Labute approximate surface area is 143 Å². The zero-order valence-corrected chi connectivity index (χ0v) is 14.6. The van der Waals surface area contributed by atoms with E-state index in [4.69, 9.17) is 5.73 Å². The zero-order chi connectivity index (χ0) is 17.5. The third-order valence-corrected chi connectivity index (χ3v) is 4.78. The molecule has 2 aromatic rings. The standard InChI is InChI=1S/C16H19N5O2S/c1-9-13(18-10(2)24-9)14(22)20-16(3)7-21(8-16)15(23)11-5-4-6-12(17)19-11/h4-6H,7-8H2,1-3H3,(H2,17,19)(H,20,22). The molecule has 2 aromatic heterocycles. The Morgan fingerprint density at radius 1 is 1.29 bits per heavy atom. The molecule has 8 heteroatoms. The van der Waals surface area contributed by atoms with E-state index in [1.165, 1.54) is 11.3 Å². The lowest BCUT2D eigenvalue weighted by Gasteiger charge is -2.48. The van der Waals surface area contributed by atoms with Gasteiger partial charge in [-0.15, -0.1) is 11.3 Å². The number of thiazole rings is 1. The lowest BCUT2D eigenvalue weighted by Crippen LogP contribution is -2.69. The molecule has 7 nitrogen and oxygen atoms in total. The average molecular weight is 345 g/mol. The fraction of sp³-hybridized carbons (Fsp3) is 0.375. The molecule has 0 aliphatic carbocycles. The minimum atomic E-state index is -0.461. The van der Waals surface area contributed by atoms with Gasteiger partial charge in [-0.25, -0.2) is 9.97 Å². The van der Waals surface area contributed by atoms with Crippen molar-refractivity contribution in [2.24, 2.45) is 0 Å². The number of hydrogen-bond donors (Lipinski definition) is 2. The van der Waals surface area contributed by atoms with Crippen LogP contribution < -0.4 is 11.1 Å². The minimum Gasteiger partial charge on any atom is -0.384 e. The number of amides is 2. The van der Waals surface area contributed by atoms with Crippen molar-refractivity contribution in [3.05, 3.63) is 39.5 Å². The summed E-state index contributed by atoms with van der Waals surface area (Å²) in [5.74, 6) is -0.0740. The normalized spacial score (nSPS) is 15.7. The second-order valence-electron chi connectivity index (χ2n) is 6.26. The second kappa shape index (κ2) is 5.86. The summed E-state index contributed by atoms with van der Waals surface area (Å²) in [5.41, 5.74) is 5.92. The summed E-state index contributed by atoms with van der Waals surface area (Å²) >= 11 is 1.50. The maximum Gasteiger partial charge on any atom is 0.272 e. The predicted octanol–water partition coefficient (Wildman–Crippen LogP) is 1.38. The molecule has 0 aromatic carbocycles. The first-order valence-corrected chi connectivity index (χ1v) is 8.37. The highest BCUT2D eigenvalue weighted by molar-refractivity contribution is 7.11. The van der Waals surface area contributed by atoms with Crippen LogP contribution >= 0.6 is 11.3 Å². The van der Waals surface area contributed by atoms with Gasteiger partial charge in [0.2, 0.25) is 0 Å². The third kappa shape index (κ3) is 3.09. The number of pyridine rings is 1. The first-order valence-electron chi connectivity index (χ1n) is 7.56. The number of carbonyl (C=O) groups excluding carboxylic acids is 2. The fourth-order valence-corrected chi connectivity index (χ4v) is 3.64. The molecule has 0 radical (unpaired) electrons. The minimum absolute atomic E-state index is 0.185. The number of hydrogen-bond acceptors (Lipinski definition) is 6. The highest BCUT2D eigenvalue weighted by atomic mass is 32.1. The van der Waals surface area contributed by atoms with Gasteiger partial charge in [0, 0.05) is 18.0 Å². The van der Waals surface area contributed by atoms with Crippen molar-refractivity contribution in [2.75, 3.05) is 18.8 Å². The lowest BCUT2D eigenvalue weighted by atomic mass is 9.91. The van der Waals surface area contributed by atoms with Crippen LogP contribution in [0.1, 0.15) is 37.8 Å². The van der Waals surface area contributed by atoms with Crippen molar-refractivity contribution >= 4 is 29.0 Å². The number of anilines is 1. The number of carbonyl (C=O) groups is 2. The number of aryl methyl sites for hydroxylation is 2. The molecular weight excluding hydrogens is 326 g/mol. The number of nitrogens with zero attached hydrogens (tertiary/aromatic N) is 3. The monoisotopic (exact) mass is 345 g/mol. The molecule has 3 heterocycles. The Balaban J connectivity index is 1.63. The second-order valence-corrected chi connectivity index (χ2v) is 7.67. The summed E-state index contributed by atoms with van der Waals surface area (Å²) in [6.07, 6.45) is 0. The van der Waals surface area contributed by atoms with Crippen molar-refractivity contribution in [1.29, 1.82) is 0 Å². The third-order valence-electron chi connectivity index (χ3n) is 3.89. The summed E-state index contributed by atoms with van der Waals surface area (Å²) < 4.78 is 0. The van der Waals surface area contributed by atoms with Crippen LogP contribution in [0.15, 0.2) is 18.2 Å². The van der Waals surface area contributed by atoms with Crippen LogP contribution in [0.25, 0.3) is 0 Å². The number of nitrogens with two attached hydrogens (primary N) is 1. The van der Waals surface area contributed by atoms with Crippen LogP contribution in [0.5, 0.6) is 0 Å². The number of nitrogen functional groups attached to an aromatic ring is 1. The van der Waals surface area contributed by atoms with E-state index in [9.17, 15) is 9.59 Å². The van der Waals surface area contributed by atoms with Gasteiger partial charge >= 0.3 is 0 Å². The molecular formula is C16H19N5O2S. The Morgan fingerprint density at radius 2 is 2.00 bits per heavy atom. The summed E-state index contributed by atoms with van der Waals surface area (Å²) in [4.78, 5) is 35.6. The SMILES string of the molecule is Cc1nc(C(=O)NC2(C)CN(C(=O)c3cccc(N)n3)C2)c(C)s1. The molecule has 0 unspecified atom stereocenters. The van der Waals surface area contributed by atoms with Gasteiger partial charge in [-0.05, 0) is 32.9 Å². The van der Waals surface area contributed by atoms with Crippen LogP contribution in [0, 0.1) is 13.8 Å². The summed E-state index contributed by atoms with van der Waals surface area (Å²) in [7, 11) is 0. The topological polar surface area (TPSA) is 101 Å². The molecule has 0 bridgehead atoms. The van der Waals surface area contributed by atoms with Gasteiger partial charge in [0.1, 0.15) is 17.2 Å². The van der Waals surface area contributed by atoms with E-state index in [1.54, 1.807) is 23.1 Å². The average Bonchev–Trinajstić information content (AvgIpc) is 2.82. The van der Waals surface area contributed by atoms with E-state index in [-0.39, 0.29) is 11.8 Å². The van der Waals surface area contributed by atoms with Crippen molar-refractivity contribution in [3.63, 3.8) is 0 Å². The summed E-state index contributed by atoms with van der Waals surface area (Å²) in [6.45, 7) is 6.52. The molecule has 3 N–H and O–H groups in total. The molecule has 1 fully saturated rings. The van der Waals surface area contributed by atoms with Gasteiger partial charge < -0.3 is 16.0 Å². The Morgan fingerprint density at radius 3 is 2.58 bits per heavy atom. The maximum absolute atomic E-state index is 12.4. The zero-order valence-electron chi connectivity index (χ0n) is 13.8. The van der Waals surface area contributed by atoms with Gasteiger partial charge in [0.15, 0.2) is 0 Å². The van der Waals surface area contributed by atoms with Crippen molar-refractivity contribution < 1.29 is 9.59 Å². The maximum atomic E-state index is 12.4. The van der Waals surface area contributed by atoms with E-state index >= 15 is 0 Å². The Hall–Kier alpha value is -2.48. The smallest absolute Gasteiger partial charge is 0.272 e. The molecule has 3 rings (SSSR count). The van der Waals surface area contributed by atoms with E-state index in [0.29, 0.717) is 30.3 Å². The quantitative estimate of drug-likeness (QED) is 0.875. The number of likely N-dealkylation sites (tertiary alicyclic amines) is 1. The van der Waals surface area contributed by atoms with Crippen LogP contribution in [0.2, 0.25) is 0 Å². The van der Waals surface area contributed by atoms with E-state index in [0.717, 1.165) is 9.88 Å². The Bertz CT molecular complexity index is 811. The highest BCUT2D eigenvalue weighted by Crippen LogP contribution is 2.24. The molecule has 1 saturated heterocycles. The lowest BCUT2D eigenvalue weighted by molar-refractivity contribution is 0.0325. The van der Waals surface area contributed by atoms with Gasteiger partial charge in [-0.1, -0.05) is 6.07 Å². The van der Waals surface area contributed by atoms with E-state index < -0.39 is 5.54 Å². The number of aromatic nitrogens is 2. The molecule has 0 spiro atoms. The van der Waals surface area contributed by atoms with Gasteiger partial charge in [-0.3, -0.25) is 9.59 Å². The van der Waals surface area contributed by atoms with Gasteiger partial charge in [0.05, 0.1) is 10.5 Å². The van der Waals surface area contributed by atoms with E-state index in [1.807, 2.05) is 20.8 Å². The van der Waals surface area contributed by atoms with Gasteiger partial charge in [0.25, 0.3) is 11.8 Å². The largest absolute Gasteiger partial charge is 0.384 e. The van der Waals surface area contributed by atoms with Crippen LogP contribution in [0.4, 0.5) is 5.82 Å². The molecule has 1 aliphatic heterocycles. The van der Waals surface area contributed by atoms with Crippen LogP contribution in [-0.4, -0.2) is 45.3 Å². The molecule has 24 heavy (non-hydrogen) atoms. The molecule has 2 amide bonds. The van der Waals surface area contributed by atoms with Crippen LogP contribution in [0.3, 0.4) is 0 Å². The molecule has 1 aliphatic rings. The van der Waals surface area contributed by atoms with Crippen molar-refractivity contribution in [2.45, 2.75) is 26.3 Å². The van der Waals surface area contributed by atoms with Crippen molar-refractivity contribution in [1.82, 2.24) is 20.2 Å². The summed E-state index contributed by atoms with van der Waals surface area (Å²) in [5, 5.41) is 3.84. The number of rotatable bonds is 3. The summed E-state index contributed by atoms with van der Waals surface area (Å²) in [6, 6.07) is 4.97. The first-order chi connectivity index (χ1) is 11.3. The fourth-order valence-electron chi connectivity index (χ4n) is 2.82. The van der Waals surface area contributed by atoms with Crippen molar-refractivity contribution in [3.8, 4) is 0 Å². The Kier molecular flexibility index (Phi) is 4.00. The predicted molar refractivity (Wildman–Crippen MR) is 92.0 cm³/mol. The van der Waals surface area contributed by atoms with Gasteiger partial charge in [-0.2, -0.15) is 0 Å².